The molecule has 0 fully saturated rings. The summed E-state index contributed by atoms with van der Waals surface area (Å²) in [7, 11) is 1.27. The van der Waals surface area contributed by atoms with E-state index in [1.807, 2.05) is 0 Å². The summed E-state index contributed by atoms with van der Waals surface area (Å²) in [5, 5.41) is 8.60. The first-order chi connectivity index (χ1) is 14.0. The summed E-state index contributed by atoms with van der Waals surface area (Å²) in [4.78, 5) is 33.5. The molecule has 0 spiro atoms. The average molecular weight is 413 g/mol. The predicted octanol–water partition coefficient (Wildman–Crippen LogP) is 5.58. The number of carbonyl (C=O) groups is 3. The lowest BCUT2D eigenvalue weighted by Gasteiger charge is -2.17. The number of carboxylic acid groups (broad SMARTS) is 1. The highest BCUT2D eigenvalue weighted by Crippen LogP contribution is 2.17. The summed E-state index contributed by atoms with van der Waals surface area (Å²) in [5.41, 5.74) is 0. The third kappa shape index (κ3) is 19.2. The van der Waals surface area contributed by atoms with Crippen LogP contribution in [-0.4, -0.2) is 36.2 Å². The molecule has 1 unspecified atom stereocenters. The largest absolute Gasteiger partial charge is 0.481 e. The molecule has 0 aromatic rings. The standard InChI is InChI=1S/C23H40O6/c1-3-4-5-12-15-20(29-23(27)19-18-22(26)28-2)16-13-10-8-6-7-9-11-14-17-21(24)25/h18-20H,3-17H2,1-2H3,(H,24,25)/b19-18-. The maximum absolute atomic E-state index is 11.9. The van der Waals surface area contributed by atoms with Crippen molar-refractivity contribution >= 4 is 17.9 Å². The molecule has 168 valence electrons. The predicted molar refractivity (Wildman–Crippen MR) is 114 cm³/mol. The summed E-state index contributed by atoms with van der Waals surface area (Å²) in [6, 6.07) is 0. The van der Waals surface area contributed by atoms with E-state index in [0.29, 0.717) is 0 Å². The Kier molecular flexibility index (Phi) is 18.2. The van der Waals surface area contributed by atoms with Crippen LogP contribution in [0.1, 0.15) is 103 Å². The van der Waals surface area contributed by atoms with Crippen LogP contribution >= 0.6 is 0 Å². The number of unbranched alkanes of at least 4 members (excludes halogenated alkanes) is 10. The van der Waals surface area contributed by atoms with Crippen LogP contribution in [-0.2, 0) is 23.9 Å². The first kappa shape index (κ1) is 27.1. The highest BCUT2D eigenvalue weighted by Gasteiger charge is 2.13. The van der Waals surface area contributed by atoms with E-state index < -0.39 is 17.9 Å². The van der Waals surface area contributed by atoms with Crippen LogP contribution < -0.4 is 0 Å². The van der Waals surface area contributed by atoms with E-state index in [-0.39, 0.29) is 12.5 Å². The Morgan fingerprint density at radius 3 is 1.76 bits per heavy atom. The molecule has 0 heterocycles. The van der Waals surface area contributed by atoms with E-state index in [1.54, 1.807) is 0 Å². The number of hydrogen-bond donors (Lipinski definition) is 1. The normalized spacial score (nSPS) is 12.1. The highest BCUT2D eigenvalue weighted by molar-refractivity contribution is 5.91. The van der Waals surface area contributed by atoms with E-state index in [2.05, 4.69) is 11.7 Å². The van der Waals surface area contributed by atoms with Gasteiger partial charge in [-0.3, -0.25) is 4.79 Å². The molecule has 0 aliphatic carbocycles. The number of ether oxygens (including phenoxy) is 2. The van der Waals surface area contributed by atoms with Gasteiger partial charge in [0.2, 0.25) is 0 Å². The molecule has 1 atom stereocenters. The molecule has 0 rings (SSSR count). The van der Waals surface area contributed by atoms with Crippen LogP contribution in [0.2, 0.25) is 0 Å². The topological polar surface area (TPSA) is 89.9 Å². The average Bonchev–Trinajstić information content (AvgIpc) is 2.70. The highest BCUT2D eigenvalue weighted by atomic mass is 16.5. The summed E-state index contributed by atoms with van der Waals surface area (Å²) in [6.45, 7) is 2.17. The Hall–Kier alpha value is -1.85. The molecule has 0 amide bonds. The summed E-state index contributed by atoms with van der Waals surface area (Å²) >= 11 is 0. The van der Waals surface area contributed by atoms with Crippen LogP contribution in [0.25, 0.3) is 0 Å². The van der Waals surface area contributed by atoms with E-state index in [0.717, 1.165) is 89.2 Å². The lowest BCUT2D eigenvalue weighted by Crippen LogP contribution is -2.17. The first-order valence-corrected chi connectivity index (χ1v) is 11.2. The lowest BCUT2D eigenvalue weighted by molar-refractivity contribution is -0.144. The molecule has 0 aromatic heterocycles. The van der Waals surface area contributed by atoms with Gasteiger partial charge in [-0.1, -0.05) is 64.7 Å². The Labute approximate surface area is 176 Å². The molecule has 6 heteroatoms. The molecule has 0 saturated carbocycles. The van der Waals surface area contributed by atoms with Gasteiger partial charge in [0.05, 0.1) is 7.11 Å². The molecule has 0 bridgehead atoms. The molecule has 1 N–H and O–H groups in total. The van der Waals surface area contributed by atoms with E-state index in [9.17, 15) is 14.4 Å². The van der Waals surface area contributed by atoms with Crippen molar-refractivity contribution in [2.45, 2.75) is 109 Å². The number of rotatable bonds is 19. The number of methoxy groups -OCH3 is 1. The molecule has 0 saturated heterocycles. The van der Waals surface area contributed by atoms with E-state index in [4.69, 9.17) is 9.84 Å². The molecule has 6 nitrogen and oxygen atoms in total. The third-order valence-electron chi connectivity index (χ3n) is 4.89. The SMILES string of the molecule is CCCCCCC(CCCCCCCCCCC(=O)O)OC(=O)/C=C\C(=O)OC. The van der Waals surface area contributed by atoms with Crippen LogP contribution in [0.4, 0.5) is 0 Å². The minimum Gasteiger partial charge on any atom is -0.481 e. The second kappa shape index (κ2) is 19.5. The summed E-state index contributed by atoms with van der Waals surface area (Å²) < 4.78 is 10.0. The monoisotopic (exact) mass is 412 g/mol. The molecule has 0 aromatic carbocycles. The zero-order chi connectivity index (χ0) is 21.7. The molecule has 0 aliphatic heterocycles. The van der Waals surface area contributed by atoms with Crippen molar-refractivity contribution in [1.82, 2.24) is 0 Å². The minimum atomic E-state index is -0.712. The Balaban J connectivity index is 4.01. The maximum atomic E-state index is 11.9. The van der Waals surface area contributed by atoms with Gasteiger partial charge in [0, 0.05) is 18.6 Å². The first-order valence-electron chi connectivity index (χ1n) is 11.2. The third-order valence-corrected chi connectivity index (χ3v) is 4.89. The van der Waals surface area contributed by atoms with Crippen molar-refractivity contribution in [2.24, 2.45) is 0 Å². The Morgan fingerprint density at radius 2 is 1.24 bits per heavy atom. The van der Waals surface area contributed by atoms with Crippen molar-refractivity contribution in [3.05, 3.63) is 12.2 Å². The van der Waals surface area contributed by atoms with E-state index in [1.165, 1.54) is 20.0 Å². The quantitative estimate of drug-likeness (QED) is 0.169. The van der Waals surface area contributed by atoms with Crippen LogP contribution in [0.5, 0.6) is 0 Å². The fourth-order valence-electron chi connectivity index (χ4n) is 3.18. The fourth-order valence-corrected chi connectivity index (χ4v) is 3.18. The molecular formula is C23H40O6. The van der Waals surface area contributed by atoms with Gasteiger partial charge in [-0.05, 0) is 32.1 Å². The van der Waals surface area contributed by atoms with Gasteiger partial charge >= 0.3 is 17.9 Å². The van der Waals surface area contributed by atoms with Gasteiger partial charge < -0.3 is 14.6 Å². The summed E-state index contributed by atoms with van der Waals surface area (Å²) in [5.74, 6) is -1.77. The van der Waals surface area contributed by atoms with Crippen molar-refractivity contribution < 1.29 is 29.0 Å². The number of aliphatic carboxylic acids is 1. The second-order valence-electron chi connectivity index (χ2n) is 7.53. The van der Waals surface area contributed by atoms with Gasteiger partial charge in [0.25, 0.3) is 0 Å². The van der Waals surface area contributed by atoms with Crippen molar-refractivity contribution in [3.63, 3.8) is 0 Å². The smallest absolute Gasteiger partial charge is 0.331 e. The molecule has 0 radical (unpaired) electrons. The summed E-state index contributed by atoms with van der Waals surface area (Å²) in [6.07, 6.45) is 17.1. The Bertz CT molecular complexity index is 472. The van der Waals surface area contributed by atoms with Crippen LogP contribution in [0.15, 0.2) is 12.2 Å². The molecule has 0 aliphatic rings. The van der Waals surface area contributed by atoms with Gasteiger partial charge in [-0.25, -0.2) is 9.59 Å². The van der Waals surface area contributed by atoms with Gasteiger partial charge in [-0.2, -0.15) is 0 Å². The number of hydrogen-bond acceptors (Lipinski definition) is 5. The van der Waals surface area contributed by atoms with Crippen LogP contribution in [0, 0.1) is 0 Å². The molecule has 29 heavy (non-hydrogen) atoms. The van der Waals surface area contributed by atoms with E-state index >= 15 is 0 Å². The maximum Gasteiger partial charge on any atom is 0.331 e. The van der Waals surface area contributed by atoms with Crippen LogP contribution in [0.3, 0.4) is 0 Å². The number of carboxylic acids is 1. The zero-order valence-electron chi connectivity index (χ0n) is 18.3. The van der Waals surface area contributed by atoms with Crippen molar-refractivity contribution in [2.75, 3.05) is 7.11 Å². The zero-order valence-corrected chi connectivity index (χ0v) is 18.3. The lowest BCUT2D eigenvalue weighted by atomic mass is 10.0. The minimum absolute atomic E-state index is 0.0994. The van der Waals surface area contributed by atoms with Crippen molar-refractivity contribution in [3.8, 4) is 0 Å². The van der Waals surface area contributed by atoms with Crippen molar-refractivity contribution in [1.29, 1.82) is 0 Å². The second-order valence-corrected chi connectivity index (χ2v) is 7.53. The number of carbonyl (C=O) groups excluding carboxylic acids is 2. The van der Waals surface area contributed by atoms with Gasteiger partial charge in [-0.15, -0.1) is 0 Å². The fraction of sp³-hybridized carbons (Fsp3) is 0.783. The van der Waals surface area contributed by atoms with Gasteiger partial charge in [0.15, 0.2) is 0 Å². The molecular weight excluding hydrogens is 372 g/mol. The van der Waals surface area contributed by atoms with Gasteiger partial charge in [0.1, 0.15) is 6.10 Å². The Morgan fingerprint density at radius 1 is 0.759 bits per heavy atom. The number of esters is 2.